The van der Waals surface area contributed by atoms with Crippen LogP contribution in [0.3, 0.4) is 0 Å². The highest BCUT2D eigenvalue weighted by atomic mass is 15.1. The van der Waals surface area contributed by atoms with E-state index in [1.165, 1.54) is 0 Å². The van der Waals surface area contributed by atoms with Crippen LogP contribution in [-0.4, -0.2) is 12.0 Å². The van der Waals surface area contributed by atoms with Gasteiger partial charge < -0.3 is 5.73 Å². The summed E-state index contributed by atoms with van der Waals surface area (Å²) in [5, 5.41) is 10.3. The lowest BCUT2D eigenvalue weighted by Gasteiger charge is -1.91. The largest absolute Gasteiger partial charge is 0.369 e. The van der Waals surface area contributed by atoms with Crippen molar-refractivity contribution in [3.63, 3.8) is 0 Å². The third-order valence-corrected chi connectivity index (χ3v) is 1.05. The number of guanidine groups is 1. The van der Waals surface area contributed by atoms with Gasteiger partial charge in [0.1, 0.15) is 0 Å². The summed E-state index contributed by atoms with van der Waals surface area (Å²) < 4.78 is 0. The zero-order chi connectivity index (χ0) is 6.69. The second-order valence-corrected chi connectivity index (χ2v) is 1.98. The Morgan fingerprint density at radius 2 is 2.44 bits per heavy atom. The summed E-state index contributed by atoms with van der Waals surface area (Å²) in [6.45, 7) is 0. The first kappa shape index (κ1) is 5.89. The smallest absolute Gasteiger partial charge is 0.202 e. The lowest BCUT2D eigenvalue weighted by molar-refractivity contribution is 1.03. The maximum Gasteiger partial charge on any atom is 0.202 e. The van der Waals surface area contributed by atoms with Crippen LogP contribution in [-0.2, 0) is 0 Å². The molecule has 0 aliphatic heterocycles. The van der Waals surface area contributed by atoms with Gasteiger partial charge in [0, 0.05) is 0 Å². The molecule has 0 aromatic rings. The molecular weight excluding hydrogens is 116 g/mol. The summed E-state index contributed by atoms with van der Waals surface area (Å²) in [5.74, 6) is 0.236. The van der Waals surface area contributed by atoms with Gasteiger partial charge in [0.25, 0.3) is 0 Å². The Hall–Kier alpha value is -1.24. The van der Waals surface area contributed by atoms with Gasteiger partial charge >= 0.3 is 0 Å². The van der Waals surface area contributed by atoms with E-state index in [2.05, 4.69) is 10.3 Å². The summed E-state index contributed by atoms with van der Waals surface area (Å²) in [5.41, 5.74) is 5.24. The second-order valence-electron chi connectivity index (χ2n) is 1.98. The highest BCUT2D eigenvalue weighted by molar-refractivity contribution is 5.79. The summed E-state index contributed by atoms with van der Waals surface area (Å²) in [6, 6.07) is 0.380. The summed E-state index contributed by atoms with van der Waals surface area (Å²) in [7, 11) is 0. The fraction of sp³-hybridized carbons (Fsp3) is 0.600. The number of nitrogens with one attached hydrogen (secondary N) is 1. The highest BCUT2D eigenvalue weighted by Crippen LogP contribution is 2.22. The van der Waals surface area contributed by atoms with E-state index in [0.29, 0.717) is 6.04 Å². The molecule has 0 radical (unpaired) electrons. The molecule has 0 unspecified atom stereocenters. The Balaban J connectivity index is 2.30. The molecule has 1 saturated carbocycles. The monoisotopic (exact) mass is 124 g/mol. The van der Waals surface area contributed by atoms with E-state index >= 15 is 0 Å². The fourth-order valence-corrected chi connectivity index (χ4v) is 0.490. The minimum Gasteiger partial charge on any atom is -0.369 e. The third-order valence-electron chi connectivity index (χ3n) is 1.05. The first-order valence-corrected chi connectivity index (χ1v) is 2.81. The number of nitrogens with zero attached hydrogens (tertiary/aromatic N) is 2. The van der Waals surface area contributed by atoms with Crippen molar-refractivity contribution in [3.05, 3.63) is 0 Å². The van der Waals surface area contributed by atoms with Gasteiger partial charge in [-0.2, -0.15) is 5.26 Å². The quantitative estimate of drug-likeness (QED) is 0.215. The van der Waals surface area contributed by atoms with Gasteiger partial charge in [-0.1, -0.05) is 0 Å². The first-order chi connectivity index (χ1) is 4.33. The number of hydrogen-bond acceptors (Lipinski definition) is 2. The average molecular weight is 124 g/mol. The van der Waals surface area contributed by atoms with Gasteiger partial charge in [-0.15, -0.1) is 0 Å². The minimum absolute atomic E-state index is 0.236. The molecule has 0 amide bonds. The molecule has 0 saturated heterocycles. The van der Waals surface area contributed by atoms with Gasteiger partial charge in [-0.25, -0.2) is 4.99 Å². The second kappa shape index (κ2) is 2.35. The van der Waals surface area contributed by atoms with Crippen molar-refractivity contribution in [1.82, 2.24) is 5.32 Å². The number of rotatable bonds is 1. The van der Waals surface area contributed by atoms with Crippen LogP contribution in [0, 0.1) is 11.5 Å². The molecule has 4 nitrogen and oxygen atoms in total. The molecular formula is C5H8N4. The zero-order valence-corrected chi connectivity index (χ0v) is 4.96. The van der Waals surface area contributed by atoms with E-state index in [4.69, 9.17) is 11.0 Å². The van der Waals surface area contributed by atoms with E-state index < -0.39 is 0 Å². The third kappa shape index (κ3) is 2.00. The molecule has 0 spiro atoms. The summed E-state index contributed by atoms with van der Waals surface area (Å²) in [4.78, 5) is 3.94. The van der Waals surface area contributed by atoms with Crippen molar-refractivity contribution in [2.24, 2.45) is 10.7 Å². The van der Waals surface area contributed by atoms with Crippen LogP contribution >= 0.6 is 0 Å². The molecule has 1 fully saturated rings. The SMILES string of the molecule is N#CNC(N)=NC1CC1. The molecule has 0 bridgehead atoms. The number of aliphatic imine (C=N–C) groups is 1. The molecule has 0 atom stereocenters. The van der Waals surface area contributed by atoms with Crippen molar-refractivity contribution in [2.75, 3.05) is 0 Å². The van der Waals surface area contributed by atoms with Crippen LogP contribution < -0.4 is 11.1 Å². The molecule has 9 heavy (non-hydrogen) atoms. The summed E-state index contributed by atoms with van der Waals surface area (Å²) >= 11 is 0. The van der Waals surface area contributed by atoms with Gasteiger partial charge in [-0.3, -0.25) is 5.32 Å². The Labute approximate surface area is 53.4 Å². The van der Waals surface area contributed by atoms with Crippen molar-refractivity contribution in [1.29, 1.82) is 5.26 Å². The molecule has 1 aliphatic carbocycles. The molecule has 48 valence electrons. The standard InChI is InChI=1S/C5H8N4/c6-3-8-5(7)9-4-1-2-4/h4H,1-2H2,(H3,7,8,9). The minimum atomic E-state index is 0.236. The van der Waals surface area contributed by atoms with E-state index in [0.717, 1.165) is 12.8 Å². The number of nitriles is 1. The molecule has 0 aromatic heterocycles. The lowest BCUT2D eigenvalue weighted by atomic mass is 10.7. The van der Waals surface area contributed by atoms with Gasteiger partial charge in [-0.05, 0) is 12.8 Å². The topological polar surface area (TPSA) is 74.2 Å². The van der Waals surface area contributed by atoms with E-state index in [-0.39, 0.29) is 5.96 Å². The van der Waals surface area contributed by atoms with Crippen molar-refractivity contribution >= 4 is 5.96 Å². The van der Waals surface area contributed by atoms with Crippen LogP contribution in [0.5, 0.6) is 0 Å². The van der Waals surface area contributed by atoms with Crippen LogP contribution in [0.4, 0.5) is 0 Å². The fourth-order valence-electron chi connectivity index (χ4n) is 0.490. The predicted molar refractivity (Wildman–Crippen MR) is 33.4 cm³/mol. The highest BCUT2D eigenvalue weighted by Gasteiger charge is 2.20. The Bertz CT molecular complexity index is 162. The maximum atomic E-state index is 8.05. The van der Waals surface area contributed by atoms with Crippen molar-refractivity contribution in [3.8, 4) is 6.19 Å². The van der Waals surface area contributed by atoms with E-state index in [1.807, 2.05) is 0 Å². The number of hydrogen-bond donors (Lipinski definition) is 2. The van der Waals surface area contributed by atoms with Crippen LogP contribution in [0.15, 0.2) is 4.99 Å². The van der Waals surface area contributed by atoms with Crippen molar-refractivity contribution in [2.45, 2.75) is 18.9 Å². The van der Waals surface area contributed by atoms with E-state index in [1.54, 1.807) is 6.19 Å². The molecule has 0 aromatic carbocycles. The predicted octanol–water partition coefficient (Wildman–Crippen LogP) is -0.466. The first-order valence-electron chi connectivity index (χ1n) is 2.81. The van der Waals surface area contributed by atoms with Gasteiger partial charge in [0.15, 0.2) is 6.19 Å². The van der Waals surface area contributed by atoms with Gasteiger partial charge in [0.2, 0.25) is 5.96 Å². The van der Waals surface area contributed by atoms with Crippen LogP contribution in [0.1, 0.15) is 12.8 Å². The Morgan fingerprint density at radius 1 is 1.78 bits per heavy atom. The van der Waals surface area contributed by atoms with Crippen LogP contribution in [0.25, 0.3) is 0 Å². The molecule has 4 heteroatoms. The molecule has 1 rings (SSSR count). The molecule has 3 N–H and O–H groups in total. The molecule has 1 aliphatic rings. The van der Waals surface area contributed by atoms with Crippen molar-refractivity contribution < 1.29 is 0 Å². The Kier molecular flexibility index (Phi) is 1.54. The zero-order valence-electron chi connectivity index (χ0n) is 4.96. The maximum absolute atomic E-state index is 8.05. The van der Waals surface area contributed by atoms with Gasteiger partial charge in [0.05, 0.1) is 6.04 Å². The average Bonchev–Trinajstić information content (AvgIpc) is 2.50. The number of nitrogens with two attached hydrogens (primary N) is 1. The Morgan fingerprint density at radius 3 is 2.89 bits per heavy atom. The van der Waals surface area contributed by atoms with Crippen LogP contribution in [0.2, 0.25) is 0 Å². The molecule has 0 heterocycles. The normalized spacial score (nSPS) is 18.8. The lowest BCUT2D eigenvalue weighted by Crippen LogP contribution is -2.27. The summed E-state index contributed by atoms with van der Waals surface area (Å²) in [6.07, 6.45) is 3.90. The van der Waals surface area contributed by atoms with E-state index in [9.17, 15) is 0 Å².